The molecular formula is C17H16N2O2. The lowest BCUT2D eigenvalue weighted by molar-refractivity contribution is 0.0943. The molecule has 1 amide bonds. The zero-order valence-corrected chi connectivity index (χ0v) is 11.7. The van der Waals surface area contributed by atoms with Crippen LogP contribution in [-0.2, 0) is 0 Å². The van der Waals surface area contributed by atoms with Crippen molar-refractivity contribution < 1.29 is 9.53 Å². The number of para-hydroxylation sites is 1. The van der Waals surface area contributed by atoms with Crippen LogP contribution in [0.5, 0.6) is 5.75 Å². The van der Waals surface area contributed by atoms with Crippen LogP contribution in [0.1, 0.15) is 15.9 Å². The van der Waals surface area contributed by atoms with Gasteiger partial charge in [0, 0.05) is 0 Å². The molecule has 1 aliphatic heterocycles. The lowest BCUT2D eigenvalue weighted by Gasteiger charge is -2.27. The molecule has 4 heteroatoms. The van der Waals surface area contributed by atoms with Crippen LogP contribution in [0.25, 0.3) is 6.08 Å². The van der Waals surface area contributed by atoms with Crippen molar-refractivity contribution in [2.75, 3.05) is 12.4 Å². The van der Waals surface area contributed by atoms with Crippen molar-refractivity contribution in [3.8, 4) is 5.75 Å². The van der Waals surface area contributed by atoms with E-state index in [1.807, 2.05) is 48.6 Å². The van der Waals surface area contributed by atoms with Crippen molar-refractivity contribution in [2.45, 2.75) is 6.17 Å². The summed E-state index contributed by atoms with van der Waals surface area (Å²) in [6, 6.07) is 15.4. The van der Waals surface area contributed by atoms with Crippen LogP contribution in [0, 0.1) is 0 Å². The van der Waals surface area contributed by atoms with Gasteiger partial charge >= 0.3 is 0 Å². The molecule has 0 aliphatic carbocycles. The highest BCUT2D eigenvalue weighted by Gasteiger charge is 2.24. The van der Waals surface area contributed by atoms with Gasteiger partial charge in [-0.3, -0.25) is 4.79 Å². The second-order valence-corrected chi connectivity index (χ2v) is 4.75. The standard InChI is InChI=1S/C17H16N2O2/c1-21-14-9-5-8-13-16(14)18-15(19-17(13)20)11-10-12-6-3-2-4-7-12/h2-11,15,18H,1H3,(H,19,20)/t15-/m0/s1. The maximum atomic E-state index is 12.1. The highest BCUT2D eigenvalue weighted by molar-refractivity contribution is 6.03. The Bertz CT molecular complexity index is 680. The Balaban J connectivity index is 1.85. The predicted octanol–water partition coefficient (Wildman–Crippen LogP) is 2.89. The fourth-order valence-corrected chi connectivity index (χ4v) is 2.32. The Hall–Kier alpha value is -2.75. The molecule has 0 radical (unpaired) electrons. The number of fused-ring (bicyclic) bond motifs is 1. The van der Waals surface area contributed by atoms with Gasteiger partial charge in [-0.15, -0.1) is 0 Å². The van der Waals surface area contributed by atoms with Gasteiger partial charge in [0.05, 0.1) is 18.4 Å². The SMILES string of the molecule is COc1cccc2c1N[C@H](C=Cc1ccccc1)NC2=O. The van der Waals surface area contributed by atoms with Crippen molar-refractivity contribution in [3.05, 3.63) is 65.7 Å². The number of anilines is 1. The summed E-state index contributed by atoms with van der Waals surface area (Å²) >= 11 is 0. The first-order chi connectivity index (χ1) is 10.3. The molecule has 2 aromatic carbocycles. The Morgan fingerprint density at radius 1 is 1.05 bits per heavy atom. The van der Waals surface area contributed by atoms with Crippen molar-refractivity contribution in [3.63, 3.8) is 0 Å². The van der Waals surface area contributed by atoms with E-state index in [1.165, 1.54) is 0 Å². The van der Waals surface area contributed by atoms with Gasteiger partial charge in [0.15, 0.2) is 0 Å². The summed E-state index contributed by atoms with van der Waals surface area (Å²) in [5.74, 6) is 0.561. The monoisotopic (exact) mass is 280 g/mol. The van der Waals surface area contributed by atoms with Crippen LogP contribution >= 0.6 is 0 Å². The molecule has 1 heterocycles. The average molecular weight is 280 g/mol. The summed E-state index contributed by atoms with van der Waals surface area (Å²) in [6.07, 6.45) is 3.63. The first-order valence-corrected chi connectivity index (χ1v) is 6.75. The fraction of sp³-hybridized carbons (Fsp3) is 0.118. The van der Waals surface area contributed by atoms with Crippen molar-refractivity contribution in [1.29, 1.82) is 0 Å². The molecule has 1 atom stereocenters. The van der Waals surface area contributed by atoms with E-state index in [4.69, 9.17) is 4.74 Å². The van der Waals surface area contributed by atoms with Crippen LogP contribution in [-0.4, -0.2) is 19.2 Å². The first-order valence-electron chi connectivity index (χ1n) is 6.75. The maximum absolute atomic E-state index is 12.1. The van der Waals surface area contributed by atoms with Gasteiger partial charge in [0.1, 0.15) is 11.9 Å². The highest BCUT2D eigenvalue weighted by Crippen LogP contribution is 2.31. The van der Waals surface area contributed by atoms with Gasteiger partial charge in [0.2, 0.25) is 0 Å². The van der Waals surface area contributed by atoms with Gasteiger partial charge < -0.3 is 15.4 Å². The molecule has 4 nitrogen and oxygen atoms in total. The molecule has 0 saturated carbocycles. The van der Waals surface area contributed by atoms with Crippen LogP contribution in [0.4, 0.5) is 5.69 Å². The number of methoxy groups -OCH3 is 1. The van der Waals surface area contributed by atoms with Crippen molar-refractivity contribution in [1.82, 2.24) is 5.32 Å². The van der Waals surface area contributed by atoms with E-state index in [1.54, 1.807) is 19.2 Å². The minimum Gasteiger partial charge on any atom is -0.495 e. The van der Waals surface area contributed by atoms with E-state index in [-0.39, 0.29) is 12.1 Å². The molecule has 21 heavy (non-hydrogen) atoms. The molecule has 106 valence electrons. The summed E-state index contributed by atoms with van der Waals surface area (Å²) in [5.41, 5.74) is 2.41. The van der Waals surface area contributed by atoms with Crippen LogP contribution in [0.2, 0.25) is 0 Å². The zero-order chi connectivity index (χ0) is 14.7. The largest absolute Gasteiger partial charge is 0.495 e. The first kappa shape index (κ1) is 13.2. The molecule has 2 N–H and O–H groups in total. The molecule has 0 aromatic heterocycles. The molecule has 2 aromatic rings. The Labute approximate surface area is 123 Å². The van der Waals surface area contributed by atoms with Crippen LogP contribution in [0.15, 0.2) is 54.6 Å². The number of amides is 1. The third kappa shape index (κ3) is 2.74. The number of ether oxygens (including phenoxy) is 1. The van der Waals surface area contributed by atoms with E-state index in [0.717, 1.165) is 11.3 Å². The number of nitrogens with one attached hydrogen (secondary N) is 2. The summed E-state index contributed by atoms with van der Waals surface area (Å²) in [7, 11) is 1.60. The Kier molecular flexibility index (Phi) is 3.60. The van der Waals surface area contributed by atoms with Gasteiger partial charge in [-0.05, 0) is 23.8 Å². The number of benzene rings is 2. The molecule has 1 aliphatic rings. The Morgan fingerprint density at radius 3 is 2.62 bits per heavy atom. The van der Waals surface area contributed by atoms with Gasteiger partial charge in [0.25, 0.3) is 5.91 Å². The topological polar surface area (TPSA) is 50.4 Å². The number of rotatable bonds is 3. The van der Waals surface area contributed by atoms with E-state index >= 15 is 0 Å². The molecule has 0 bridgehead atoms. The van der Waals surface area contributed by atoms with E-state index in [2.05, 4.69) is 10.6 Å². The Morgan fingerprint density at radius 2 is 1.86 bits per heavy atom. The number of carbonyl (C=O) groups excluding carboxylic acids is 1. The quantitative estimate of drug-likeness (QED) is 0.909. The second-order valence-electron chi connectivity index (χ2n) is 4.75. The molecular weight excluding hydrogens is 264 g/mol. The average Bonchev–Trinajstić information content (AvgIpc) is 2.53. The minimum atomic E-state index is -0.262. The van der Waals surface area contributed by atoms with E-state index < -0.39 is 0 Å². The molecule has 3 rings (SSSR count). The summed E-state index contributed by atoms with van der Waals surface area (Å²) in [6.45, 7) is 0. The molecule has 0 fully saturated rings. The highest BCUT2D eigenvalue weighted by atomic mass is 16.5. The number of hydrogen-bond acceptors (Lipinski definition) is 3. The fourth-order valence-electron chi connectivity index (χ4n) is 2.32. The third-order valence-electron chi connectivity index (χ3n) is 3.36. The summed E-state index contributed by atoms with van der Waals surface area (Å²) in [4.78, 5) is 12.1. The van der Waals surface area contributed by atoms with Crippen LogP contribution in [0.3, 0.4) is 0 Å². The summed E-state index contributed by atoms with van der Waals surface area (Å²) < 4.78 is 5.31. The van der Waals surface area contributed by atoms with E-state index in [9.17, 15) is 4.79 Å². The lowest BCUT2D eigenvalue weighted by Crippen LogP contribution is -2.43. The summed E-state index contributed by atoms with van der Waals surface area (Å²) in [5, 5.41) is 6.18. The van der Waals surface area contributed by atoms with Crippen LogP contribution < -0.4 is 15.4 Å². The van der Waals surface area contributed by atoms with E-state index in [0.29, 0.717) is 11.3 Å². The number of hydrogen-bond donors (Lipinski definition) is 2. The third-order valence-corrected chi connectivity index (χ3v) is 3.36. The zero-order valence-electron chi connectivity index (χ0n) is 11.7. The molecule has 0 spiro atoms. The second kappa shape index (κ2) is 5.71. The smallest absolute Gasteiger partial charge is 0.255 e. The maximum Gasteiger partial charge on any atom is 0.255 e. The van der Waals surface area contributed by atoms with Crippen molar-refractivity contribution in [2.24, 2.45) is 0 Å². The normalized spacial score (nSPS) is 17.0. The van der Waals surface area contributed by atoms with Gasteiger partial charge in [-0.2, -0.15) is 0 Å². The lowest BCUT2D eigenvalue weighted by atomic mass is 10.1. The predicted molar refractivity (Wildman–Crippen MR) is 83.3 cm³/mol. The molecule has 0 unspecified atom stereocenters. The molecule has 0 saturated heterocycles. The van der Waals surface area contributed by atoms with Crippen molar-refractivity contribution >= 4 is 17.7 Å². The van der Waals surface area contributed by atoms with Gasteiger partial charge in [-0.1, -0.05) is 42.5 Å². The number of carbonyl (C=O) groups is 1. The minimum absolute atomic E-state index is 0.106. The van der Waals surface area contributed by atoms with Gasteiger partial charge in [-0.25, -0.2) is 0 Å².